The quantitative estimate of drug-likeness (QED) is 0.191. The molecule has 0 unspecified atom stereocenters. The zero-order chi connectivity index (χ0) is 34.2. The van der Waals surface area contributed by atoms with Gasteiger partial charge in [0.1, 0.15) is 11.6 Å². The van der Waals surface area contributed by atoms with Crippen LogP contribution in [0, 0.1) is 11.8 Å². The summed E-state index contributed by atoms with van der Waals surface area (Å²) in [5.74, 6) is 3.71. The molecule has 6 aromatic rings. The summed E-state index contributed by atoms with van der Waals surface area (Å²) in [7, 11) is 5.39. The number of H-pyrrole nitrogens is 2. The number of nitrogens with zero attached hydrogens (tertiary/aromatic N) is 10. The predicted molar refractivity (Wildman–Crippen MR) is 185 cm³/mol. The first-order valence-corrected chi connectivity index (χ1v) is 17.3. The Morgan fingerprint density at radius 2 is 1.29 bits per heavy atom. The molecule has 2 saturated carbocycles. The Morgan fingerprint density at radius 1 is 0.796 bits per heavy atom. The van der Waals surface area contributed by atoms with Crippen LogP contribution in [-0.2, 0) is 4.74 Å². The lowest BCUT2D eigenvalue weighted by molar-refractivity contribution is -0.00877. The summed E-state index contributed by atoms with van der Waals surface area (Å²) in [6, 6.07) is 4.11. The van der Waals surface area contributed by atoms with E-state index in [9.17, 15) is 4.79 Å². The minimum atomic E-state index is -0.873. The lowest BCUT2D eigenvalue weighted by atomic mass is 9.93. The van der Waals surface area contributed by atoms with Crippen molar-refractivity contribution in [3.63, 3.8) is 0 Å². The van der Waals surface area contributed by atoms with Gasteiger partial charge in [-0.25, -0.2) is 14.8 Å². The van der Waals surface area contributed by atoms with E-state index in [2.05, 4.69) is 75.1 Å². The second-order valence-electron chi connectivity index (χ2n) is 13.8. The monoisotopic (exact) mass is 670 g/mol. The van der Waals surface area contributed by atoms with Gasteiger partial charge in [0.05, 0.1) is 35.6 Å². The van der Waals surface area contributed by atoms with Gasteiger partial charge in [-0.3, -0.25) is 8.80 Å². The average Bonchev–Trinajstić information content (AvgIpc) is 3.93. The van der Waals surface area contributed by atoms with Crippen LogP contribution in [-0.4, -0.2) is 117 Å². The first kappa shape index (κ1) is 32.9. The number of carbonyl (C=O) groups is 1. The van der Waals surface area contributed by atoms with Crippen molar-refractivity contribution in [2.24, 2.45) is 11.8 Å². The molecule has 0 spiro atoms. The Labute approximate surface area is 284 Å². The van der Waals surface area contributed by atoms with Crippen molar-refractivity contribution < 1.29 is 14.6 Å². The molecule has 2 aliphatic carbocycles. The van der Waals surface area contributed by atoms with Gasteiger partial charge in [0, 0.05) is 44.4 Å². The van der Waals surface area contributed by atoms with E-state index in [-0.39, 0.29) is 12.2 Å². The van der Waals surface area contributed by atoms with E-state index in [0.717, 1.165) is 90.3 Å². The number of ether oxygens (including phenoxy) is 1. The number of rotatable bonds is 9. The van der Waals surface area contributed by atoms with Crippen LogP contribution in [0.4, 0.5) is 4.79 Å². The summed E-state index contributed by atoms with van der Waals surface area (Å²) in [6.07, 6.45) is 13.2. The number of hydrogen-bond donors (Lipinski definition) is 3. The zero-order valence-corrected chi connectivity index (χ0v) is 28.8. The van der Waals surface area contributed by atoms with Crippen molar-refractivity contribution in [3.05, 3.63) is 48.6 Å². The van der Waals surface area contributed by atoms with Gasteiger partial charge in [0.25, 0.3) is 0 Å². The van der Waals surface area contributed by atoms with Crippen molar-refractivity contribution in [1.29, 1.82) is 0 Å². The molecule has 15 nitrogen and oxygen atoms in total. The van der Waals surface area contributed by atoms with Gasteiger partial charge in [0.15, 0.2) is 22.6 Å². The van der Waals surface area contributed by atoms with E-state index in [1.54, 1.807) is 19.4 Å². The van der Waals surface area contributed by atoms with Crippen LogP contribution in [0.15, 0.2) is 36.9 Å². The Kier molecular flexibility index (Phi) is 9.20. The molecule has 2 aliphatic rings. The van der Waals surface area contributed by atoms with Gasteiger partial charge in [-0.2, -0.15) is 0 Å². The minimum Gasteiger partial charge on any atom is -0.465 e. The highest BCUT2D eigenvalue weighted by Crippen LogP contribution is 2.47. The van der Waals surface area contributed by atoms with Crippen molar-refractivity contribution in [2.45, 2.75) is 76.4 Å². The first-order chi connectivity index (χ1) is 23.7. The molecule has 6 aromatic heterocycles. The molecule has 3 N–H and O–H groups in total. The molecule has 0 aliphatic heterocycles. The van der Waals surface area contributed by atoms with Crippen LogP contribution >= 0.6 is 0 Å². The van der Waals surface area contributed by atoms with E-state index in [1.165, 1.54) is 4.90 Å². The number of carboxylic acid groups (broad SMARTS) is 1. The largest absolute Gasteiger partial charge is 0.465 e. The maximum atomic E-state index is 10.2. The summed E-state index contributed by atoms with van der Waals surface area (Å²) in [4.78, 5) is 28.8. The lowest BCUT2D eigenvalue weighted by Gasteiger charge is -2.18. The number of aromatic nitrogens is 10. The Morgan fingerprint density at radius 3 is 1.71 bits per heavy atom. The molecule has 6 heterocycles. The number of likely N-dealkylation sites (N-methyl/N-ethyl adjacent to an activating group) is 2. The van der Waals surface area contributed by atoms with Gasteiger partial charge in [-0.15, -0.1) is 20.4 Å². The van der Waals surface area contributed by atoms with Gasteiger partial charge in [-0.05, 0) is 63.7 Å². The van der Waals surface area contributed by atoms with Crippen LogP contribution in [0.2, 0.25) is 0 Å². The molecule has 2 fully saturated rings. The number of hydrogen-bond acceptors (Lipinski definition) is 9. The van der Waals surface area contributed by atoms with Gasteiger partial charge in [0.2, 0.25) is 0 Å². The lowest BCUT2D eigenvalue weighted by Crippen LogP contribution is -2.32. The highest BCUT2D eigenvalue weighted by molar-refractivity contribution is 5.75. The van der Waals surface area contributed by atoms with E-state index >= 15 is 0 Å². The topological polar surface area (TPSA) is 171 Å². The number of nitrogens with one attached hydrogen (secondary N) is 2. The third-order valence-corrected chi connectivity index (χ3v) is 10.5. The van der Waals surface area contributed by atoms with Crippen LogP contribution < -0.4 is 0 Å². The van der Waals surface area contributed by atoms with E-state index < -0.39 is 6.09 Å². The Balaban J connectivity index is 0.000000332. The van der Waals surface area contributed by atoms with E-state index in [0.29, 0.717) is 30.2 Å². The van der Waals surface area contributed by atoms with Crippen LogP contribution in [0.1, 0.15) is 75.9 Å². The molecular weight excluding hydrogens is 624 g/mol. The van der Waals surface area contributed by atoms with Crippen molar-refractivity contribution in [1.82, 2.24) is 58.9 Å². The number of fused-ring (bicyclic) bond motifs is 6. The standard InChI is InChI=1S/C28H32N10O.C6H14N2O2/c1-3-15-9-17(11-19(15)27-35-33-23-13-31-25-21(37(23)27)5-7-29-25)39-18-10-16(4-2)20(12-18)28-36-34-24-14-32-26-22(38(24)28)6-8-30-26;1-7(2)4-5-8(3)6(9)10/h5-8,13-20,29-30H,3-4,9-12H2,1-2H3;4-5H2,1-3H3,(H,9,10)/t15-,16-,17+,18+,19+,20+;/m1./s1. The zero-order valence-electron chi connectivity index (χ0n) is 28.8. The van der Waals surface area contributed by atoms with Crippen molar-refractivity contribution in [2.75, 3.05) is 34.2 Å². The maximum Gasteiger partial charge on any atom is 0.407 e. The van der Waals surface area contributed by atoms with Gasteiger partial charge < -0.3 is 29.6 Å². The first-order valence-electron chi connectivity index (χ1n) is 17.3. The Bertz CT molecular complexity index is 1910. The second-order valence-corrected chi connectivity index (χ2v) is 13.8. The molecule has 15 heteroatoms. The fourth-order valence-corrected chi connectivity index (χ4v) is 7.90. The summed E-state index contributed by atoms with van der Waals surface area (Å²) in [5, 5.41) is 26.7. The third kappa shape index (κ3) is 6.32. The van der Waals surface area contributed by atoms with Crippen LogP contribution in [0.3, 0.4) is 0 Å². The summed E-state index contributed by atoms with van der Waals surface area (Å²) < 4.78 is 11.3. The fourth-order valence-electron chi connectivity index (χ4n) is 7.90. The molecule has 0 bridgehead atoms. The fraction of sp³-hybridized carbons (Fsp3) is 0.559. The molecule has 0 aromatic carbocycles. The summed E-state index contributed by atoms with van der Waals surface area (Å²) in [5.41, 5.74) is 5.38. The van der Waals surface area contributed by atoms with Gasteiger partial charge in [-0.1, -0.05) is 26.7 Å². The highest BCUT2D eigenvalue weighted by atomic mass is 16.5. The van der Waals surface area contributed by atoms with E-state index in [1.807, 2.05) is 31.4 Å². The summed E-state index contributed by atoms with van der Waals surface area (Å²) >= 11 is 0. The molecule has 0 saturated heterocycles. The highest BCUT2D eigenvalue weighted by Gasteiger charge is 2.42. The molecule has 0 radical (unpaired) electrons. The minimum absolute atomic E-state index is 0.216. The predicted octanol–water partition coefficient (Wildman–Crippen LogP) is 4.94. The van der Waals surface area contributed by atoms with Crippen molar-refractivity contribution in [3.8, 4) is 0 Å². The maximum absolute atomic E-state index is 10.2. The molecule has 1 amide bonds. The molecule has 260 valence electrons. The summed E-state index contributed by atoms with van der Waals surface area (Å²) in [6.45, 7) is 5.88. The number of amides is 1. The molecule has 6 atom stereocenters. The molecular formula is C34H46N12O3. The molecule has 49 heavy (non-hydrogen) atoms. The van der Waals surface area contributed by atoms with Crippen LogP contribution in [0.25, 0.3) is 33.6 Å². The molecule has 8 rings (SSSR count). The van der Waals surface area contributed by atoms with Crippen LogP contribution in [0.5, 0.6) is 0 Å². The average molecular weight is 671 g/mol. The number of aromatic amines is 2. The second kappa shape index (κ2) is 13.7. The van der Waals surface area contributed by atoms with Gasteiger partial charge >= 0.3 is 6.09 Å². The normalized spacial score (nSPS) is 24.0. The SMILES string of the molecule is CC[C@@H]1C[C@H](O[C@H]2C[C@@H](CC)[C@@H](c3nnc4cnc5[nH]ccc5n34)C2)C[C@@H]1c1nnc2cnc3[nH]ccc3n12.CN(C)CCN(C)C(=O)O. The third-order valence-electron chi connectivity index (χ3n) is 10.5. The smallest absolute Gasteiger partial charge is 0.407 e. The van der Waals surface area contributed by atoms with Crippen molar-refractivity contribution >= 4 is 39.7 Å². The van der Waals surface area contributed by atoms with E-state index in [4.69, 9.17) is 9.84 Å². The Hall–Kier alpha value is -4.63.